The monoisotopic (exact) mass is 394 g/mol. The molecule has 1 aromatic carbocycles. The lowest BCUT2D eigenvalue weighted by Gasteiger charge is -2.20. The van der Waals surface area contributed by atoms with Gasteiger partial charge >= 0.3 is 0 Å². The van der Waals surface area contributed by atoms with Crippen molar-refractivity contribution in [2.24, 2.45) is 0 Å². The molecule has 26 heavy (non-hydrogen) atoms. The minimum Gasteiger partial charge on any atom is -0.338 e. The van der Waals surface area contributed by atoms with Gasteiger partial charge in [0.05, 0.1) is 15.9 Å². The van der Waals surface area contributed by atoms with Crippen LogP contribution in [-0.4, -0.2) is 43.0 Å². The molecule has 0 saturated carbocycles. The number of nitrogens with zero attached hydrogens (tertiary/aromatic N) is 2. The third kappa shape index (κ3) is 3.63. The van der Waals surface area contributed by atoms with Crippen molar-refractivity contribution in [3.8, 4) is 0 Å². The van der Waals surface area contributed by atoms with Gasteiger partial charge in [-0.3, -0.25) is 14.9 Å². The van der Waals surface area contributed by atoms with Crippen LogP contribution in [0, 0.1) is 17.0 Å². The average molecular weight is 394 g/mol. The van der Waals surface area contributed by atoms with E-state index >= 15 is 0 Å². The Balaban J connectivity index is 1.84. The first-order valence-corrected chi connectivity index (χ1v) is 10.7. The van der Waals surface area contributed by atoms with E-state index in [1.807, 2.05) is 11.4 Å². The maximum absolute atomic E-state index is 12.8. The van der Waals surface area contributed by atoms with Crippen molar-refractivity contribution in [1.82, 2.24) is 4.90 Å². The number of benzene rings is 1. The number of sulfone groups is 1. The van der Waals surface area contributed by atoms with Crippen LogP contribution in [0.4, 0.5) is 5.69 Å². The number of carbonyl (C=O) groups is 1. The lowest BCUT2D eigenvalue weighted by atomic mass is 10.1. The standard InChI is InChI=1S/C17H18N2O5S2/c1-12-4-5-13(11-14(12)19(21)22)17(20)18-7-6-16(15-3-2-9-25-15)26(23,24)10-8-18/h2-5,9,11,16H,6-8,10H2,1H3. The highest BCUT2D eigenvalue weighted by atomic mass is 32.2. The molecule has 0 spiro atoms. The number of aryl methyl sites for hydroxylation is 1. The Kier molecular flexibility index (Phi) is 5.10. The molecule has 0 N–H and O–H groups in total. The van der Waals surface area contributed by atoms with Crippen LogP contribution in [-0.2, 0) is 9.84 Å². The van der Waals surface area contributed by atoms with E-state index in [0.29, 0.717) is 18.5 Å². The molecule has 1 saturated heterocycles. The van der Waals surface area contributed by atoms with Gasteiger partial charge in [-0.05, 0) is 30.9 Å². The summed E-state index contributed by atoms with van der Waals surface area (Å²) >= 11 is 1.40. The van der Waals surface area contributed by atoms with Crippen LogP contribution in [0.5, 0.6) is 0 Å². The zero-order chi connectivity index (χ0) is 18.9. The summed E-state index contributed by atoms with van der Waals surface area (Å²) in [5.41, 5.74) is 0.562. The summed E-state index contributed by atoms with van der Waals surface area (Å²) in [7, 11) is -3.35. The second kappa shape index (κ2) is 7.16. The molecule has 2 heterocycles. The molecule has 1 fully saturated rings. The Morgan fingerprint density at radius 3 is 2.73 bits per heavy atom. The molecule has 1 unspecified atom stereocenters. The number of nitro groups is 1. The van der Waals surface area contributed by atoms with E-state index in [-0.39, 0.29) is 29.5 Å². The number of nitro benzene ring substituents is 1. The fourth-order valence-corrected chi connectivity index (χ4v) is 6.07. The summed E-state index contributed by atoms with van der Waals surface area (Å²) in [6.45, 7) is 1.99. The fraction of sp³-hybridized carbons (Fsp3) is 0.353. The van der Waals surface area contributed by atoms with E-state index in [0.717, 1.165) is 4.88 Å². The fourth-order valence-electron chi connectivity index (χ4n) is 3.06. The Hall–Kier alpha value is -2.26. The molecule has 3 rings (SSSR count). The number of hydrogen-bond donors (Lipinski definition) is 0. The molecule has 0 bridgehead atoms. The number of amides is 1. The topological polar surface area (TPSA) is 97.6 Å². The second-order valence-electron chi connectivity index (χ2n) is 6.21. The lowest BCUT2D eigenvalue weighted by molar-refractivity contribution is -0.385. The molecule has 1 aliphatic heterocycles. The molecule has 1 aliphatic rings. The maximum atomic E-state index is 12.8. The van der Waals surface area contributed by atoms with Gasteiger partial charge in [-0.25, -0.2) is 8.42 Å². The summed E-state index contributed by atoms with van der Waals surface area (Å²) in [6.07, 6.45) is 0.322. The summed E-state index contributed by atoms with van der Waals surface area (Å²) in [6, 6.07) is 7.95. The van der Waals surface area contributed by atoms with Crippen molar-refractivity contribution in [1.29, 1.82) is 0 Å². The van der Waals surface area contributed by atoms with Gasteiger partial charge < -0.3 is 4.90 Å². The van der Waals surface area contributed by atoms with Gasteiger partial charge in [-0.2, -0.15) is 0 Å². The Bertz CT molecular complexity index is 938. The molecule has 1 amide bonds. The molecule has 1 atom stereocenters. The Morgan fingerprint density at radius 2 is 2.08 bits per heavy atom. The maximum Gasteiger partial charge on any atom is 0.273 e. The first-order chi connectivity index (χ1) is 12.3. The van der Waals surface area contributed by atoms with Gasteiger partial charge in [0.15, 0.2) is 9.84 Å². The van der Waals surface area contributed by atoms with E-state index in [1.54, 1.807) is 19.1 Å². The van der Waals surface area contributed by atoms with Gasteiger partial charge in [-0.15, -0.1) is 11.3 Å². The highest BCUT2D eigenvalue weighted by Gasteiger charge is 2.33. The summed E-state index contributed by atoms with van der Waals surface area (Å²) in [5, 5.41) is 12.3. The van der Waals surface area contributed by atoms with Crippen LogP contribution in [0.2, 0.25) is 0 Å². The summed E-state index contributed by atoms with van der Waals surface area (Å²) in [5.74, 6) is -0.495. The second-order valence-corrected chi connectivity index (χ2v) is 9.49. The van der Waals surface area contributed by atoms with Crippen molar-refractivity contribution >= 4 is 32.8 Å². The van der Waals surface area contributed by atoms with Crippen LogP contribution in [0.15, 0.2) is 35.7 Å². The number of thiophene rings is 1. The highest BCUT2D eigenvalue weighted by Crippen LogP contribution is 2.32. The van der Waals surface area contributed by atoms with Crippen LogP contribution in [0.3, 0.4) is 0 Å². The average Bonchev–Trinajstić information content (AvgIpc) is 3.06. The van der Waals surface area contributed by atoms with Gasteiger partial charge in [0.1, 0.15) is 0 Å². The number of carbonyl (C=O) groups excluding carboxylic acids is 1. The van der Waals surface area contributed by atoms with Gasteiger partial charge in [0, 0.05) is 35.2 Å². The summed E-state index contributed by atoms with van der Waals surface area (Å²) < 4.78 is 25.1. The lowest BCUT2D eigenvalue weighted by Crippen LogP contribution is -2.33. The third-order valence-corrected chi connectivity index (χ3v) is 7.78. The molecule has 7 nitrogen and oxygen atoms in total. The minimum atomic E-state index is -3.35. The SMILES string of the molecule is Cc1ccc(C(=O)N2CCC(c3cccs3)S(=O)(=O)CC2)cc1[N+](=O)[O-]. The molecular formula is C17H18N2O5S2. The zero-order valence-electron chi connectivity index (χ0n) is 14.1. The number of rotatable bonds is 3. The molecule has 1 aromatic heterocycles. The Morgan fingerprint density at radius 1 is 1.31 bits per heavy atom. The Labute approximate surface area is 155 Å². The van der Waals surface area contributed by atoms with Crippen molar-refractivity contribution < 1.29 is 18.1 Å². The normalized spacial score (nSPS) is 19.7. The van der Waals surface area contributed by atoms with Crippen LogP contribution in [0.25, 0.3) is 0 Å². The summed E-state index contributed by atoms with van der Waals surface area (Å²) in [4.78, 5) is 25.6. The first kappa shape index (κ1) is 18.5. The largest absolute Gasteiger partial charge is 0.338 e. The minimum absolute atomic E-state index is 0.0880. The van der Waals surface area contributed by atoms with Gasteiger partial charge in [0.2, 0.25) is 0 Å². The molecule has 0 aliphatic carbocycles. The highest BCUT2D eigenvalue weighted by molar-refractivity contribution is 7.91. The van der Waals surface area contributed by atoms with E-state index in [2.05, 4.69) is 0 Å². The van der Waals surface area contributed by atoms with Crippen molar-refractivity contribution in [2.75, 3.05) is 18.8 Å². The van der Waals surface area contributed by atoms with Crippen LogP contribution in [0.1, 0.15) is 32.5 Å². The molecular weight excluding hydrogens is 376 g/mol. The van der Waals surface area contributed by atoms with Crippen LogP contribution >= 0.6 is 11.3 Å². The third-order valence-electron chi connectivity index (χ3n) is 4.54. The molecule has 9 heteroatoms. The predicted molar refractivity (Wildman–Crippen MR) is 99.2 cm³/mol. The molecule has 0 radical (unpaired) electrons. The first-order valence-electron chi connectivity index (χ1n) is 8.09. The van der Waals surface area contributed by atoms with E-state index < -0.39 is 20.0 Å². The van der Waals surface area contributed by atoms with E-state index in [4.69, 9.17) is 0 Å². The van der Waals surface area contributed by atoms with Crippen molar-refractivity contribution in [3.05, 3.63) is 61.8 Å². The van der Waals surface area contributed by atoms with Gasteiger partial charge in [-0.1, -0.05) is 12.1 Å². The smallest absolute Gasteiger partial charge is 0.273 e. The predicted octanol–water partition coefficient (Wildman–Crippen LogP) is 2.97. The quantitative estimate of drug-likeness (QED) is 0.589. The van der Waals surface area contributed by atoms with E-state index in [9.17, 15) is 23.3 Å². The van der Waals surface area contributed by atoms with Crippen molar-refractivity contribution in [3.63, 3.8) is 0 Å². The van der Waals surface area contributed by atoms with E-state index in [1.165, 1.54) is 28.4 Å². The molecule has 138 valence electrons. The van der Waals surface area contributed by atoms with Crippen molar-refractivity contribution in [2.45, 2.75) is 18.6 Å². The van der Waals surface area contributed by atoms with Gasteiger partial charge in [0.25, 0.3) is 11.6 Å². The molecule has 2 aromatic rings. The van der Waals surface area contributed by atoms with Crippen LogP contribution < -0.4 is 0 Å². The number of hydrogen-bond acceptors (Lipinski definition) is 6. The zero-order valence-corrected chi connectivity index (χ0v) is 15.8.